The number of nitrogens with zero attached hydrogens (tertiary/aromatic N) is 2. The van der Waals surface area contributed by atoms with Gasteiger partial charge in [-0.2, -0.15) is 5.10 Å². The van der Waals surface area contributed by atoms with Gasteiger partial charge < -0.3 is 14.8 Å². The van der Waals surface area contributed by atoms with Gasteiger partial charge in [-0.3, -0.25) is 9.89 Å². The minimum Gasteiger partial charge on any atom is -0.493 e. The molecule has 0 saturated carbocycles. The van der Waals surface area contributed by atoms with Crippen LogP contribution in [0.1, 0.15) is 11.3 Å². The molecule has 1 amide bonds. The van der Waals surface area contributed by atoms with Crippen molar-refractivity contribution in [1.82, 2.24) is 20.5 Å². The second kappa shape index (κ2) is 8.43. The molecule has 0 fully saturated rings. The summed E-state index contributed by atoms with van der Waals surface area (Å²) in [7, 11) is 1.58. The second-order valence-electron chi connectivity index (χ2n) is 6.39. The Balaban J connectivity index is 1.44. The van der Waals surface area contributed by atoms with Crippen molar-refractivity contribution in [2.45, 2.75) is 13.0 Å². The molecule has 7 nitrogen and oxygen atoms in total. The zero-order valence-corrected chi connectivity index (χ0v) is 15.9. The molecule has 0 bridgehead atoms. The molecule has 2 N–H and O–H groups in total. The lowest BCUT2D eigenvalue weighted by Crippen LogP contribution is -2.25. The lowest BCUT2D eigenvalue weighted by Gasteiger charge is -2.12. The molecule has 4 rings (SSSR count). The number of pyridine rings is 1. The minimum absolute atomic E-state index is 0.119. The fraction of sp³-hybridized carbons (Fsp3) is 0.136. The normalized spacial score (nSPS) is 10.7. The van der Waals surface area contributed by atoms with Crippen molar-refractivity contribution < 1.29 is 14.3 Å². The molecule has 29 heavy (non-hydrogen) atoms. The number of carbonyl (C=O) groups excluding carboxylic acids is 1. The fourth-order valence-electron chi connectivity index (χ4n) is 3.02. The highest BCUT2D eigenvalue weighted by Crippen LogP contribution is 2.31. The molecular formula is C22H20N4O3. The molecule has 0 radical (unpaired) electrons. The van der Waals surface area contributed by atoms with Crippen LogP contribution >= 0.6 is 0 Å². The van der Waals surface area contributed by atoms with Crippen LogP contribution in [0, 0.1) is 0 Å². The van der Waals surface area contributed by atoms with E-state index in [1.165, 1.54) is 0 Å². The van der Waals surface area contributed by atoms with E-state index in [-0.39, 0.29) is 12.3 Å². The molecule has 0 aliphatic carbocycles. The van der Waals surface area contributed by atoms with E-state index in [2.05, 4.69) is 20.5 Å². The van der Waals surface area contributed by atoms with Gasteiger partial charge in [0.1, 0.15) is 0 Å². The number of fused-ring (bicyclic) bond motifs is 1. The Hall–Kier alpha value is -3.87. The van der Waals surface area contributed by atoms with Crippen LogP contribution in [0.5, 0.6) is 17.4 Å². The van der Waals surface area contributed by atoms with Crippen molar-refractivity contribution in [3.05, 3.63) is 78.1 Å². The predicted molar refractivity (Wildman–Crippen MR) is 109 cm³/mol. The van der Waals surface area contributed by atoms with Crippen molar-refractivity contribution in [2.75, 3.05) is 7.11 Å². The number of ether oxygens (including phenoxy) is 2. The summed E-state index contributed by atoms with van der Waals surface area (Å²) in [6, 6.07) is 18.7. The molecule has 0 saturated heterocycles. The van der Waals surface area contributed by atoms with E-state index in [0.29, 0.717) is 23.9 Å². The highest BCUT2D eigenvalue weighted by atomic mass is 16.5. The number of methoxy groups -OCH3 is 1. The molecule has 0 aliphatic heterocycles. The van der Waals surface area contributed by atoms with Gasteiger partial charge in [-0.15, -0.1) is 0 Å². The topological polar surface area (TPSA) is 89.1 Å². The first-order chi connectivity index (χ1) is 14.2. The van der Waals surface area contributed by atoms with E-state index in [0.717, 1.165) is 22.2 Å². The van der Waals surface area contributed by atoms with Crippen LogP contribution in [0.4, 0.5) is 0 Å². The van der Waals surface area contributed by atoms with Gasteiger partial charge in [-0.25, -0.2) is 4.98 Å². The van der Waals surface area contributed by atoms with Gasteiger partial charge in [0.05, 0.1) is 24.7 Å². The van der Waals surface area contributed by atoms with E-state index in [4.69, 9.17) is 9.47 Å². The molecule has 2 aromatic heterocycles. The van der Waals surface area contributed by atoms with Crippen LogP contribution in [0.3, 0.4) is 0 Å². The van der Waals surface area contributed by atoms with Crippen LogP contribution in [0.25, 0.3) is 10.9 Å². The smallest absolute Gasteiger partial charge is 0.226 e. The highest BCUT2D eigenvalue weighted by Gasteiger charge is 2.13. The van der Waals surface area contributed by atoms with Crippen molar-refractivity contribution in [1.29, 1.82) is 0 Å². The summed E-state index contributed by atoms with van der Waals surface area (Å²) < 4.78 is 11.2. The summed E-state index contributed by atoms with van der Waals surface area (Å²) in [5.41, 5.74) is 2.39. The van der Waals surface area contributed by atoms with E-state index in [1.807, 2.05) is 48.5 Å². The number of hydrogen-bond donors (Lipinski definition) is 2. The molecule has 2 aromatic carbocycles. The van der Waals surface area contributed by atoms with Gasteiger partial charge in [0.15, 0.2) is 11.5 Å². The van der Waals surface area contributed by atoms with Crippen LogP contribution in [0.15, 0.2) is 66.9 Å². The van der Waals surface area contributed by atoms with Crippen LogP contribution in [-0.2, 0) is 17.8 Å². The van der Waals surface area contributed by atoms with Crippen molar-refractivity contribution in [3.8, 4) is 17.4 Å². The maximum absolute atomic E-state index is 12.5. The van der Waals surface area contributed by atoms with E-state index in [9.17, 15) is 4.79 Å². The third kappa shape index (κ3) is 4.19. The minimum atomic E-state index is -0.119. The standard InChI is InChI=1S/C22H20N4O3/c1-28-19-10-4-5-11-20(19)29-22-15(7-6-12-23-22)14-24-21(27)13-18-16-8-2-3-9-17(16)25-26-18/h2-12H,13-14H2,1H3,(H,24,27)(H,25,26). The molecule has 0 unspecified atom stereocenters. The lowest BCUT2D eigenvalue weighted by atomic mass is 10.1. The number of para-hydroxylation sites is 3. The summed E-state index contributed by atoms with van der Waals surface area (Å²) in [6.45, 7) is 0.295. The van der Waals surface area contributed by atoms with E-state index >= 15 is 0 Å². The maximum Gasteiger partial charge on any atom is 0.226 e. The summed E-state index contributed by atoms with van der Waals surface area (Å²) in [5, 5.41) is 11.0. The van der Waals surface area contributed by atoms with Gasteiger partial charge in [0, 0.05) is 23.7 Å². The summed E-state index contributed by atoms with van der Waals surface area (Å²) in [5.74, 6) is 1.47. The number of amides is 1. The van der Waals surface area contributed by atoms with Crippen molar-refractivity contribution in [2.24, 2.45) is 0 Å². The fourth-order valence-corrected chi connectivity index (χ4v) is 3.02. The average molecular weight is 388 g/mol. The molecule has 4 aromatic rings. The van der Waals surface area contributed by atoms with Gasteiger partial charge in [0.2, 0.25) is 11.8 Å². The van der Waals surface area contributed by atoms with Gasteiger partial charge in [0.25, 0.3) is 0 Å². The lowest BCUT2D eigenvalue weighted by molar-refractivity contribution is -0.120. The Bertz CT molecular complexity index is 1140. The first kappa shape index (κ1) is 18.5. The second-order valence-corrected chi connectivity index (χ2v) is 6.39. The Labute approximate surface area is 167 Å². The number of rotatable bonds is 7. The SMILES string of the molecule is COc1ccccc1Oc1ncccc1CNC(=O)Cc1[nH]nc2ccccc12. The Kier molecular flexibility index (Phi) is 5.38. The number of benzene rings is 2. The van der Waals surface area contributed by atoms with Crippen molar-refractivity contribution >= 4 is 16.8 Å². The maximum atomic E-state index is 12.5. The number of hydrogen-bond acceptors (Lipinski definition) is 5. The number of H-pyrrole nitrogens is 1. The largest absolute Gasteiger partial charge is 0.493 e. The zero-order chi connectivity index (χ0) is 20.1. The monoisotopic (exact) mass is 388 g/mol. The first-order valence-electron chi connectivity index (χ1n) is 9.18. The van der Waals surface area contributed by atoms with Crippen LogP contribution < -0.4 is 14.8 Å². The summed E-state index contributed by atoms with van der Waals surface area (Å²) in [6.07, 6.45) is 1.86. The van der Waals surface area contributed by atoms with Crippen LogP contribution in [0.2, 0.25) is 0 Å². The quantitative estimate of drug-likeness (QED) is 0.505. The zero-order valence-electron chi connectivity index (χ0n) is 15.9. The average Bonchev–Trinajstić information content (AvgIpc) is 3.16. The predicted octanol–water partition coefficient (Wildman–Crippen LogP) is 3.62. The summed E-state index contributed by atoms with van der Waals surface area (Å²) >= 11 is 0. The van der Waals surface area contributed by atoms with Gasteiger partial charge in [-0.1, -0.05) is 36.4 Å². The number of nitrogens with one attached hydrogen (secondary N) is 2. The number of carbonyl (C=O) groups is 1. The molecule has 7 heteroatoms. The summed E-state index contributed by atoms with van der Waals surface area (Å²) in [4.78, 5) is 16.8. The third-order valence-electron chi connectivity index (χ3n) is 4.48. The Morgan fingerprint density at radius 2 is 1.83 bits per heavy atom. The van der Waals surface area contributed by atoms with E-state index in [1.54, 1.807) is 25.4 Å². The van der Waals surface area contributed by atoms with Gasteiger partial charge in [-0.05, 0) is 24.3 Å². The van der Waals surface area contributed by atoms with Gasteiger partial charge >= 0.3 is 0 Å². The van der Waals surface area contributed by atoms with E-state index < -0.39 is 0 Å². The first-order valence-corrected chi connectivity index (χ1v) is 9.18. The highest BCUT2D eigenvalue weighted by molar-refractivity contribution is 5.87. The molecule has 0 spiro atoms. The molecule has 146 valence electrons. The Morgan fingerprint density at radius 1 is 1.03 bits per heavy atom. The van der Waals surface area contributed by atoms with Crippen molar-refractivity contribution in [3.63, 3.8) is 0 Å². The number of aromatic nitrogens is 3. The van der Waals surface area contributed by atoms with Crippen LogP contribution in [-0.4, -0.2) is 28.2 Å². The molecule has 2 heterocycles. The Morgan fingerprint density at radius 3 is 2.69 bits per heavy atom. The third-order valence-corrected chi connectivity index (χ3v) is 4.48. The molecule has 0 atom stereocenters. The number of aromatic amines is 1. The molecular weight excluding hydrogens is 368 g/mol. The molecule has 0 aliphatic rings.